The Hall–Kier alpha value is -2.38. The lowest BCUT2D eigenvalue weighted by molar-refractivity contribution is -0.130. The maximum absolute atomic E-state index is 12.8. The topological polar surface area (TPSA) is 80.0 Å². The molecule has 0 unspecified atom stereocenters. The molecule has 0 bridgehead atoms. The van der Waals surface area contributed by atoms with Crippen molar-refractivity contribution in [2.45, 2.75) is 6.04 Å². The van der Waals surface area contributed by atoms with Gasteiger partial charge in [0.25, 0.3) is 5.91 Å². The standard InChI is InChI=1S/C18H16BrNO5/c1-24-10-8-20-15(11-4-6-12(19)7-5-11)14(17(22)18(20)23)16(21)13-3-2-9-25-13/h2-7,9,15,22H,8,10H2,1H3/t15-/m1/s1. The zero-order valence-corrected chi connectivity index (χ0v) is 15.0. The van der Waals surface area contributed by atoms with Gasteiger partial charge in [-0.2, -0.15) is 0 Å². The van der Waals surface area contributed by atoms with E-state index < -0.39 is 23.5 Å². The first-order valence-electron chi connectivity index (χ1n) is 7.61. The summed E-state index contributed by atoms with van der Waals surface area (Å²) in [5.41, 5.74) is 0.727. The highest BCUT2D eigenvalue weighted by molar-refractivity contribution is 9.10. The van der Waals surface area contributed by atoms with Gasteiger partial charge in [-0.15, -0.1) is 0 Å². The van der Waals surface area contributed by atoms with Gasteiger partial charge in [0.05, 0.1) is 24.5 Å². The Morgan fingerprint density at radius 2 is 2.04 bits per heavy atom. The molecule has 1 aromatic heterocycles. The third-order valence-electron chi connectivity index (χ3n) is 4.02. The summed E-state index contributed by atoms with van der Waals surface area (Å²) < 4.78 is 11.1. The molecule has 0 spiro atoms. The molecule has 1 amide bonds. The molecule has 1 aromatic carbocycles. The SMILES string of the molecule is COCCN1C(=O)C(O)=C(C(=O)c2ccco2)[C@H]1c1ccc(Br)cc1. The van der Waals surface area contributed by atoms with Crippen molar-refractivity contribution in [2.75, 3.05) is 20.3 Å². The largest absolute Gasteiger partial charge is 0.503 e. The molecule has 3 rings (SSSR count). The fourth-order valence-corrected chi connectivity index (χ4v) is 3.10. The predicted molar refractivity (Wildman–Crippen MR) is 93.2 cm³/mol. The molecule has 0 saturated carbocycles. The van der Waals surface area contributed by atoms with Gasteiger partial charge >= 0.3 is 0 Å². The number of aliphatic hydroxyl groups excluding tert-OH is 1. The van der Waals surface area contributed by atoms with Crippen LogP contribution in [0.25, 0.3) is 0 Å². The van der Waals surface area contributed by atoms with Gasteiger partial charge in [0, 0.05) is 18.1 Å². The molecule has 1 aliphatic heterocycles. The summed E-state index contributed by atoms with van der Waals surface area (Å²) in [6.45, 7) is 0.531. The number of carbonyl (C=O) groups excluding carboxylic acids is 2. The second-order valence-electron chi connectivity index (χ2n) is 5.51. The Morgan fingerprint density at radius 1 is 1.32 bits per heavy atom. The third-order valence-corrected chi connectivity index (χ3v) is 4.54. The van der Waals surface area contributed by atoms with E-state index in [0.717, 1.165) is 4.47 Å². The molecule has 6 nitrogen and oxygen atoms in total. The quantitative estimate of drug-likeness (QED) is 0.745. The first-order chi connectivity index (χ1) is 12.0. The lowest BCUT2D eigenvalue weighted by Gasteiger charge is -2.26. The van der Waals surface area contributed by atoms with E-state index in [9.17, 15) is 14.7 Å². The average molecular weight is 406 g/mol. The van der Waals surface area contributed by atoms with Crippen molar-refractivity contribution in [2.24, 2.45) is 0 Å². The Bertz CT molecular complexity index is 811. The number of hydrogen-bond acceptors (Lipinski definition) is 5. The number of carbonyl (C=O) groups is 2. The molecule has 1 aliphatic rings. The Balaban J connectivity index is 2.06. The molecule has 25 heavy (non-hydrogen) atoms. The van der Waals surface area contributed by atoms with Crippen LogP contribution in [0.5, 0.6) is 0 Å². The van der Waals surface area contributed by atoms with Crippen LogP contribution < -0.4 is 0 Å². The number of Topliss-reactive ketones (excluding diaryl/α,β-unsaturated/α-hetero) is 1. The van der Waals surface area contributed by atoms with Crippen LogP contribution in [-0.4, -0.2) is 42.0 Å². The van der Waals surface area contributed by atoms with Crippen molar-refractivity contribution in [1.29, 1.82) is 0 Å². The van der Waals surface area contributed by atoms with Crippen LogP contribution in [0, 0.1) is 0 Å². The summed E-state index contributed by atoms with van der Waals surface area (Å²) in [7, 11) is 1.53. The molecule has 0 saturated heterocycles. The number of amides is 1. The Kier molecular flexibility index (Phi) is 5.06. The van der Waals surface area contributed by atoms with E-state index in [1.807, 2.05) is 12.1 Å². The molecule has 130 valence electrons. The Morgan fingerprint density at radius 3 is 2.64 bits per heavy atom. The van der Waals surface area contributed by atoms with Crippen molar-refractivity contribution in [1.82, 2.24) is 4.90 Å². The maximum atomic E-state index is 12.8. The van der Waals surface area contributed by atoms with Gasteiger partial charge in [-0.05, 0) is 29.8 Å². The van der Waals surface area contributed by atoms with Crippen molar-refractivity contribution in [3.8, 4) is 0 Å². The summed E-state index contributed by atoms with van der Waals surface area (Å²) in [4.78, 5) is 26.7. The normalized spacial score (nSPS) is 17.4. The highest BCUT2D eigenvalue weighted by Gasteiger charge is 2.44. The smallest absolute Gasteiger partial charge is 0.290 e. The van der Waals surface area contributed by atoms with E-state index >= 15 is 0 Å². The van der Waals surface area contributed by atoms with Crippen LogP contribution in [0.1, 0.15) is 22.2 Å². The summed E-state index contributed by atoms with van der Waals surface area (Å²) in [6, 6.07) is 9.62. The summed E-state index contributed by atoms with van der Waals surface area (Å²) in [6.07, 6.45) is 1.37. The van der Waals surface area contributed by atoms with Crippen molar-refractivity contribution in [3.05, 3.63) is 69.8 Å². The van der Waals surface area contributed by atoms with E-state index in [1.54, 1.807) is 18.2 Å². The number of benzene rings is 1. The van der Waals surface area contributed by atoms with Crippen LogP contribution in [0.4, 0.5) is 0 Å². The van der Waals surface area contributed by atoms with E-state index in [0.29, 0.717) is 5.56 Å². The van der Waals surface area contributed by atoms with Gasteiger partial charge < -0.3 is 19.2 Å². The minimum Gasteiger partial charge on any atom is -0.503 e. The average Bonchev–Trinajstić information content (AvgIpc) is 3.22. The first-order valence-corrected chi connectivity index (χ1v) is 8.40. The number of ketones is 1. The predicted octanol–water partition coefficient (Wildman–Crippen LogP) is 3.27. The second-order valence-corrected chi connectivity index (χ2v) is 6.43. The fraction of sp³-hybridized carbons (Fsp3) is 0.222. The zero-order valence-electron chi connectivity index (χ0n) is 13.4. The molecule has 0 radical (unpaired) electrons. The van der Waals surface area contributed by atoms with Crippen molar-refractivity contribution in [3.63, 3.8) is 0 Å². The number of hydrogen-bond donors (Lipinski definition) is 1. The minimum atomic E-state index is -0.701. The molecule has 0 aliphatic carbocycles. The molecule has 1 N–H and O–H groups in total. The number of aliphatic hydroxyl groups is 1. The number of nitrogens with zero attached hydrogens (tertiary/aromatic N) is 1. The monoisotopic (exact) mass is 405 g/mol. The number of furan rings is 1. The van der Waals surface area contributed by atoms with E-state index in [2.05, 4.69) is 15.9 Å². The van der Waals surface area contributed by atoms with Crippen molar-refractivity contribution < 1.29 is 23.8 Å². The van der Waals surface area contributed by atoms with Gasteiger partial charge in [0.1, 0.15) is 0 Å². The van der Waals surface area contributed by atoms with Crippen LogP contribution in [0.3, 0.4) is 0 Å². The van der Waals surface area contributed by atoms with Gasteiger partial charge in [0.15, 0.2) is 11.5 Å². The summed E-state index contributed by atoms with van der Waals surface area (Å²) >= 11 is 3.37. The Labute approximate surface area is 152 Å². The molecular weight excluding hydrogens is 390 g/mol. The number of halogens is 1. The van der Waals surface area contributed by atoms with E-state index in [4.69, 9.17) is 9.15 Å². The van der Waals surface area contributed by atoms with Gasteiger partial charge in [0.2, 0.25) is 5.78 Å². The van der Waals surface area contributed by atoms with Gasteiger partial charge in [-0.25, -0.2) is 0 Å². The fourth-order valence-electron chi connectivity index (χ4n) is 2.84. The molecule has 2 heterocycles. The van der Waals surface area contributed by atoms with Gasteiger partial charge in [-0.3, -0.25) is 9.59 Å². The van der Waals surface area contributed by atoms with E-state index in [1.165, 1.54) is 24.3 Å². The molecular formula is C18H16BrNO5. The number of ether oxygens (including phenoxy) is 1. The molecule has 2 aromatic rings. The maximum Gasteiger partial charge on any atom is 0.290 e. The molecule has 1 atom stereocenters. The van der Waals surface area contributed by atoms with Crippen molar-refractivity contribution >= 4 is 27.6 Å². The minimum absolute atomic E-state index is 0.0124. The first kappa shape index (κ1) is 17.4. The third kappa shape index (κ3) is 3.25. The molecule has 7 heteroatoms. The highest BCUT2D eigenvalue weighted by Crippen LogP contribution is 2.39. The summed E-state index contributed by atoms with van der Waals surface area (Å²) in [5.74, 6) is -1.58. The number of methoxy groups -OCH3 is 1. The number of rotatable bonds is 6. The van der Waals surface area contributed by atoms with Crippen LogP contribution >= 0.6 is 15.9 Å². The van der Waals surface area contributed by atoms with Crippen LogP contribution in [0.2, 0.25) is 0 Å². The van der Waals surface area contributed by atoms with Gasteiger partial charge in [-0.1, -0.05) is 28.1 Å². The van der Waals surface area contributed by atoms with E-state index in [-0.39, 0.29) is 24.5 Å². The molecule has 0 fully saturated rings. The second kappa shape index (κ2) is 7.25. The lowest BCUT2D eigenvalue weighted by Crippen LogP contribution is -2.33. The lowest BCUT2D eigenvalue weighted by atomic mass is 9.95. The zero-order chi connectivity index (χ0) is 18.0. The highest BCUT2D eigenvalue weighted by atomic mass is 79.9. The van der Waals surface area contributed by atoms with Crippen LogP contribution in [-0.2, 0) is 9.53 Å². The van der Waals surface area contributed by atoms with Crippen LogP contribution in [0.15, 0.2) is 62.9 Å². The summed E-state index contributed by atoms with van der Waals surface area (Å²) in [5, 5.41) is 10.4.